The second kappa shape index (κ2) is 7.97. The van der Waals surface area contributed by atoms with E-state index in [1.807, 2.05) is 12.1 Å². The Labute approximate surface area is 201 Å². The molecule has 3 aromatic rings. The Hall–Kier alpha value is -2.67. The summed E-state index contributed by atoms with van der Waals surface area (Å²) in [5.41, 5.74) is 4.45. The molecule has 1 fully saturated rings. The van der Waals surface area contributed by atoms with E-state index in [-0.39, 0.29) is 23.1 Å². The molecule has 33 heavy (non-hydrogen) atoms. The SMILES string of the molecule is COC(=O)[C@]1(C)CCC[C@]2(C)c3cc(Br)c4nc(N=Cc5ccccc5O)[nH]c4c3CC[C@@H]12. The number of para-hydroxylation sites is 1. The van der Waals surface area contributed by atoms with Gasteiger partial charge in [0.2, 0.25) is 5.95 Å². The largest absolute Gasteiger partial charge is 0.507 e. The summed E-state index contributed by atoms with van der Waals surface area (Å²) in [6, 6.07) is 9.28. The zero-order chi connectivity index (χ0) is 23.4. The second-order valence-electron chi connectivity index (χ2n) is 9.76. The number of hydrogen-bond acceptors (Lipinski definition) is 5. The predicted molar refractivity (Wildman–Crippen MR) is 132 cm³/mol. The third-order valence-electron chi connectivity index (χ3n) is 7.96. The number of phenols is 1. The molecule has 0 radical (unpaired) electrons. The molecule has 2 aliphatic carbocycles. The van der Waals surface area contributed by atoms with E-state index in [1.54, 1.807) is 18.3 Å². The molecule has 5 rings (SSSR count). The van der Waals surface area contributed by atoms with Crippen LogP contribution in [0.3, 0.4) is 0 Å². The van der Waals surface area contributed by atoms with Gasteiger partial charge in [0.1, 0.15) is 11.3 Å². The number of halogens is 1. The molecule has 1 aromatic heterocycles. The highest BCUT2D eigenvalue weighted by Crippen LogP contribution is 2.58. The van der Waals surface area contributed by atoms with Crippen molar-refractivity contribution in [3.63, 3.8) is 0 Å². The van der Waals surface area contributed by atoms with Crippen LogP contribution in [0.15, 0.2) is 39.8 Å². The lowest BCUT2D eigenvalue weighted by Crippen LogP contribution is -2.52. The number of fused-ring (bicyclic) bond motifs is 5. The van der Waals surface area contributed by atoms with Crippen LogP contribution >= 0.6 is 15.9 Å². The number of aromatic nitrogens is 2. The number of aryl methyl sites for hydroxylation is 1. The highest BCUT2D eigenvalue weighted by atomic mass is 79.9. The quantitative estimate of drug-likeness (QED) is 0.336. The number of rotatable bonds is 3. The van der Waals surface area contributed by atoms with Gasteiger partial charge in [0.05, 0.1) is 18.0 Å². The summed E-state index contributed by atoms with van der Waals surface area (Å²) in [6.07, 6.45) is 6.33. The minimum atomic E-state index is -0.470. The molecule has 0 saturated heterocycles. The van der Waals surface area contributed by atoms with Crippen molar-refractivity contribution in [1.82, 2.24) is 9.97 Å². The van der Waals surface area contributed by atoms with Gasteiger partial charge in [-0.05, 0) is 89.2 Å². The monoisotopic (exact) mass is 509 g/mol. The molecular formula is C26H28BrN3O3. The molecule has 2 N–H and O–H groups in total. The van der Waals surface area contributed by atoms with Crippen molar-refractivity contribution in [2.24, 2.45) is 16.3 Å². The number of ether oxygens (including phenoxy) is 1. The average Bonchev–Trinajstić information content (AvgIpc) is 3.23. The number of aromatic amines is 1. The van der Waals surface area contributed by atoms with E-state index in [0.717, 1.165) is 47.6 Å². The smallest absolute Gasteiger partial charge is 0.311 e. The van der Waals surface area contributed by atoms with Gasteiger partial charge in [-0.3, -0.25) is 4.79 Å². The Morgan fingerprint density at radius 2 is 2.12 bits per heavy atom. The van der Waals surface area contributed by atoms with Crippen molar-refractivity contribution in [2.45, 2.75) is 51.4 Å². The number of methoxy groups -OCH3 is 1. The molecule has 0 bridgehead atoms. The Morgan fingerprint density at radius 1 is 1.33 bits per heavy atom. The summed E-state index contributed by atoms with van der Waals surface area (Å²) in [6.45, 7) is 4.39. The molecule has 1 heterocycles. The number of aromatic hydroxyl groups is 1. The fraction of sp³-hybridized carbons (Fsp3) is 0.423. The lowest BCUT2D eigenvalue weighted by atomic mass is 9.50. The highest BCUT2D eigenvalue weighted by molar-refractivity contribution is 9.10. The van der Waals surface area contributed by atoms with Gasteiger partial charge in [-0.2, -0.15) is 0 Å². The van der Waals surface area contributed by atoms with Crippen LogP contribution in [0.25, 0.3) is 11.0 Å². The maximum absolute atomic E-state index is 12.8. The lowest BCUT2D eigenvalue weighted by Gasteiger charge is -2.54. The van der Waals surface area contributed by atoms with Gasteiger partial charge in [-0.15, -0.1) is 0 Å². The van der Waals surface area contributed by atoms with Crippen LogP contribution in [0, 0.1) is 11.3 Å². The number of benzene rings is 2. The van der Waals surface area contributed by atoms with E-state index >= 15 is 0 Å². The van der Waals surface area contributed by atoms with Gasteiger partial charge >= 0.3 is 5.97 Å². The van der Waals surface area contributed by atoms with Crippen molar-refractivity contribution >= 4 is 45.1 Å². The summed E-state index contributed by atoms with van der Waals surface area (Å²) in [7, 11) is 1.50. The Morgan fingerprint density at radius 3 is 2.88 bits per heavy atom. The normalized spacial score (nSPS) is 26.8. The minimum Gasteiger partial charge on any atom is -0.507 e. The molecule has 1 saturated carbocycles. The average molecular weight is 510 g/mol. The number of carbonyl (C=O) groups excluding carboxylic acids is 1. The van der Waals surface area contributed by atoms with E-state index in [4.69, 9.17) is 9.72 Å². The predicted octanol–water partition coefficient (Wildman–Crippen LogP) is 5.96. The molecule has 0 spiro atoms. The first kappa shape index (κ1) is 22.1. The Kier molecular flexibility index (Phi) is 5.35. The number of imidazole rings is 1. The van der Waals surface area contributed by atoms with Gasteiger partial charge < -0.3 is 14.8 Å². The Bertz CT molecular complexity index is 1280. The van der Waals surface area contributed by atoms with Gasteiger partial charge in [-0.1, -0.05) is 25.5 Å². The summed E-state index contributed by atoms with van der Waals surface area (Å²) in [4.78, 5) is 25.4. The number of carbonyl (C=O) groups is 1. The third-order valence-corrected chi connectivity index (χ3v) is 8.56. The maximum atomic E-state index is 12.8. The summed E-state index contributed by atoms with van der Waals surface area (Å²) in [5.74, 6) is 0.812. The van der Waals surface area contributed by atoms with Gasteiger partial charge in [0.15, 0.2) is 0 Å². The third kappa shape index (κ3) is 3.39. The summed E-state index contributed by atoms with van der Waals surface area (Å²) in [5, 5.41) is 10.0. The van der Waals surface area contributed by atoms with E-state index < -0.39 is 5.41 Å². The molecule has 6 nitrogen and oxygen atoms in total. The molecular weight excluding hydrogens is 482 g/mol. The molecule has 2 aromatic carbocycles. The van der Waals surface area contributed by atoms with Crippen LogP contribution in [0.4, 0.5) is 5.95 Å². The summed E-state index contributed by atoms with van der Waals surface area (Å²) < 4.78 is 6.17. The second-order valence-corrected chi connectivity index (χ2v) is 10.6. The van der Waals surface area contributed by atoms with Gasteiger partial charge in [0.25, 0.3) is 0 Å². The number of esters is 1. The number of phenolic OH excluding ortho intramolecular Hbond substituents is 1. The van der Waals surface area contributed by atoms with E-state index in [1.165, 1.54) is 18.2 Å². The molecule has 172 valence electrons. The van der Waals surface area contributed by atoms with Crippen molar-refractivity contribution < 1.29 is 14.6 Å². The molecule has 7 heteroatoms. The molecule has 0 aliphatic heterocycles. The topological polar surface area (TPSA) is 87.6 Å². The van der Waals surface area contributed by atoms with Gasteiger partial charge in [-0.25, -0.2) is 9.98 Å². The zero-order valence-corrected chi connectivity index (χ0v) is 20.7. The molecule has 0 amide bonds. The lowest BCUT2D eigenvalue weighted by molar-refractivity contribution is -0.161. The van der Waals surface area contributed by atoms with Crippen LogP contribution in [-0.2, 0) is 21.4 Å². The highest BCUT2D eigenvalue weighted by Gasteiger charge is 2.56. The number of hydrogen-bond donors (Lipinski definition) is 2. The zero-order valence-electron chi connectivity index (χ0n) is 19.1. The standard InChI is InChI=1S/C26H28BrN3O3/c1-25-11-6-12-26(2,23(32)33-3)20(25)10-9-16-17(25)13-18(27)22-21(16)29-24(30-22)28-14-15-7-4-5-8-19(15)31/h4-5,7-8,13-14,20,31H,6,9-12H2,1-3H3,(H,29,30)/t20-,25-,26-/m1/s1. The van der Waals surface area contributed by atoms with Crippen molar-refractivity contribution in [2.75, 3.05) is 7.11 Å². The number of nitrogens with one attached hydrogen (secondary N) is 1. The summed E-state index contributed by atoms with van der Waals surface area (Å²) >= 11 is 3.74. The van der Waals surface area contributed by atoms with E-state index in [9.17, 15) is 9.90 Å². The molecule has 2 aliphatic rings. The first-order valence-corrected chi connectivity index (χ1v) is 12.2. The minimum absolute atomic E-state index is 0.0932. The van der Waals surface area contributed by atoms with Crippen molar-refractivity contribution in [1.29, 1.82) is 0 Å². The van der Waals surface area contributed by atoms with Crippen LogP contribution < -0.4 is 0 Å². The van der Waals surface area contributed by atoms with Crippen molar-refractivity contribution in [3.8, 4) is 5.75 Å². The Balaban J connectivity index is 1.59. The first-order valence-electron chi connectivity index (χ1n) is 11.4. The fourth-order valence-electron chi connectivity index (χ4n) is 6.33. The van der Waals surface area contributed by atoms with Crippen LogP contribution in [-0.4, -0.2) is 34.4 Å². The first-order chi connectivity index (χ1) is 15.8. The van der Waals surface area contributed by atoms with Crippen LogP contribution in [0.1, 0.15) is 56.2 Å². The number of aliphatic imine (C=N–C) groups is 1. The van der Waals surface area contributed by atoms with Gasteiger partial charge in [0, 0.05) is 16.3 Å². The van der Waals surface area contributed by atoms with Crippen LogP contribution in [0.5, 0.6) is 5.75 Å². The van der Waals surface area contributed by atoms with Crippen molar-refractivity contribution in [3.05, 3.63) is 51.5 Å². The number of H-pyrrole nitrogens is 1. The molecule has 0 unspecified atom stereocenters. The van der Waals surface area contributed by atoms with Crippen LogP contribution in [0.2, 0.25) is 0 Å². The fourth-order valence-corrected chi connectivity index (χ4v) is 6.84. The maximum Gasteiger partial charge on any atom is 0.311 e. The van der Waals surface area contributed by atoms with E-state index in [2.05, 4.69) is 45.8 Å². The molecule has 3 atom stereocenters. The number of nitrogens with zero attached hydrogens (tertiary/aromatic N) is 2. The van der Waals surface area contributed by atoms with E-state index in [0.29, 0.717) is 11.5 Å².